The molecule has 2 aromatic heterocycles. The number of fused-ring (bicyclic) bond motifs is 1. The van der Waals surface area contributed by atoms with Crippen molar-refractivity contribution in [1.82, 2.24) is 20.2 Å². The van der Waals surface area contributed by atoms with E-state index in [0.29, 0.717) is 23.3 Å². The van der Waals surface area contributed by atoms with Crippen molar-refractivity contribution in [2.75, 3.05) is 0 Å². The lowest BCUT2D eigenvalue weighted by atomic mass is 10.1. The number of nitrogens with one attached hydrogen (secondary N) is 2. The van der Waals surface area contributed by atoms with Crippen molar-refractivity contribution in [3.05, 3.63) is 82.0 Å². The molecular weight excluding hydrogens is 340 g/mol. The molecule has 0 saturated heterocycles. The minimum absolute atomic E-state index is 0.200. The van der Waals surface area contributed by atoms with Gasteiger partial charge in [0.25, 0.3) is 5.56 Å². The third-order valence-electron chi connectivity index (χ3n) is 4.37. The van der Waals surface area contributed by atoms with Gasteiger partial charge in [0, 0.05) is 12.0 Å². The van der Waals surface area contributed by atoms with Gasteiger partial charge in [0.2, 0.25) is 0 Å². The standard InChI is InChI=1S/C21H20N4O2/c1-13(2)18-19-20(25-24-18)21(26)23-17(22-19)12-14-8-6-7-11-16(14)27-15-9-4-3-5-10-15/h3-11,13H,12H2,1-2H3,(H,24,25)(H,22,23,26). The first kappa shape index (κ1) is 17.0. The second kappa shape index (κ2) is 7.07. The van der Waals surface area contributed by atoms with E-state index < -0.39 is 0 Å². The molecule has 0 aliphatic heterocycles. The molecule has 0 fully saturated rings. The van der Waals surface area contributed by atoms with Gasteiger partial charge in [0.1, 0.15) is 22.8 Å². The fourth-order valence-corrected chi connectivity index (χ4v) is 3.01. The lowest BCUT2D eigenvalue weighted by molar-refractivity contribution is 0.477. The largest absolute Gasteiger partial charge is 0.457 e. The van der Waals surface area contributed by atoms with Crippen LogP contribution >= 0.6 is 0 Å². The fraction of sp³-hybridized carbons (Fsp3) is 0.190. The number of H-pyrrole nitrogens is 2. The highest BCUT2D eigenvalue weighted by atomic mass is 16.5. The molecule has 4 rings (SSSR count). The summed E-state index contributed by atoms with van der Waals surface area (Å²) in [4.78, 5) is 19.9. The number of benzene rings is 2. The molecule has 0 atom stereocenters. The number of para-hydroxylation sites is 2. The molecule has 0 unspecified atom stereocenters. The molecule has 0 spiro atoms. The predicted octanol–water partition coefficient (Wildman–Crippen LogP) is 4.15. The summed E-state index contributed by atoms with van der Waals surface area (Å²) in [7, 11) is 0. The molecule has 4 aromatic rings. The van der Waals surface area contributed by atoms with Crippen molar-refractivity contribution in [3.8, 4) is 11.5 Å². The van der Waals surface area contributed by atoms with Crippen molar-refractivity contribution in [3.63, 3.8) is 0 Å². The number of hydrogen-bond acceptors (Lipinski definition) is 4. The van der Waals surface area contributed by atoms with Crippen LogP contribution < -0.4 is 10.3 Å². The Morgan fingerprint density at radius 2 is 1.74 bits per heavy atom. The Bertz CT molecular complexity index is 1130. The van der Waals surface area contributed by atoms with E-state index in [1.54, 1.807) is 0 Å². The third kappa shape index (κ3) is 3.46. The maximum Gasteiger partial charge on any atom is 0.279 e. The maximum absolute atomic E-state index is 12.4. The molecule has 0 saturated carbocycles. The molecule has 0 bridgehead atoms. The van der Waals surface area contributed by atoms with Crippen LogP contribution in [0.1, 0.15) is 36.8 Å². The molecule has 0 aliphatic rings. The lowest BCUT2D eigenvalue weighted by Gasteiger charge is -2.11. The number of rotatable bonds is 5. The Morgan fingerprint density at radius 1 is 1.00 bits per heavy atom. The topological polar surface area (TPSA) is 83.7 Å². The van der Waals surface area contributed by atoms with Gasteiger partial charge in [-0.3, -0.25) is 9.89 Å². The zero-order valence-corrected chi connectivity index (χ0v) is 15.2. The average Bonchev–Trinajstić information content (AvgIpc) is 3.09. The zero-order valence-electron chi connectivity index (χ0n) is 15.2. The van der Waals surface area contributed by atoms with Gasteiger partial charge in [0.15, 0.2) is 5.52 Å². The summed E-state index contributed by atoms with van der Waals surface area (Å²) in [5.41, 5.74) is 2.55. The van der Waals surface area contributed by atoms with E-state index in [2.05, 4.69) is 20.2 Å². The maximum atomic E-state index is 12.4. The molecular formula is C21H20N4O2. The molecule has 27 heavy (non-hydrogen) atoms. The van der Waals surface area contributed by atoms with Crippen LogP contribution in [0.2, 0.25) is 0 Å². The van der Waals surface area contributed by atoms with Gasteiger partial charge in [0.05, 0.1) is 5.69 Å². The quantitative estimate of drug-likeness (QED) is 0.560. The number of hydrogen-bond donors (Lipinski definition) is 2. The van der Waals surface area contributed by atoms with Crippen LogP contribution in [0.4, 0.5) is 0 Å². The van der Waals surface area contributed by atoms with Crippen LogP contribution in [-0.4, -0.2) is 20.2 Å². The van der Waals surface area contributed by atoms with E-state index >= 15 is 0 Å². The summed E-state index contributed by atoms with van der Waals surface area (Å²) in [5.74, 6) is 2.28. The Balaban J connectivity index is 1.70. The van der Waals surface area contributed by atoms with Gasteiger partial charge < -0.3 is 9.72 Å². The van der Waals surface area contributed by atoms with Crippen LogP contribution in [-0.2, 0) is 6.42 Å². The molecule has 6 heteroatoms. The van der Waals surface area contributed by atoms with Gasteiger partial charge in [-0.1, -0.05) is 50.2 Å². The van der Waals surface area contributed by atoms with E-state index in [-0.39, 0.29) is 11.5 Å². The molecule has 0 radical (unpaired) electrons. The molecule has 0 aliphatic carbocycles. The first-order valence-corrected chi connectivity index (χ1v) is 8.90. The summed E-state index contributed by atoms with van der Waals surface area (Å²) < 4.78 is 6.01. The number of aromatic amines is 2. The summed E-state index contributed by atoms with van der Waals surface area (Å²) in [6, 6.07) is 17.4. The summed E-state index contributed by atoms with van der Waals surface area (Å²) in [5, 5.41) is 7.04. The number of aromatic nitrogens is 4. The Labute approximate surface area is 156 Å². The number of nitrogens with zero attached hydrogens (tertiary/aromatic N) is 2. The van der Waals surface area contributed by atoms with Gasteiger partial charge >= 0.3 is 0 Å². The van der Waals surface area contributed by atoms with Gasteiger partial charge in [-0.15, -0.1) is 0 Å². The first-order chi connectivity index (χ1) is 13.1. The van der Waals surface area contributed by atoms with Gasteiger partial charge in [-0.05, 0) is 24.1 Å². The normalized spacial score (nSPS) is 11.2. The highest BCUT2D eigenvalue weighted by Crippen LogP contribution is 2.26. The first-order valence-electron chi connectivity index (χ1n) is 8.90. The molecule has 2 aromatic carbocycles. The Morgan fingerprint density at radius 3 is 2.52 bits per heavy atom. The van der Waals surface area contributed by atoms with Crippen LogP contribution in [0.3, 0.4) is 0 Å². The molecule has 136 valence electrons. The van der Waals surface area contributed by atoms with Crippen molar-refractivity contribution in [2.24, 2.45) is 0 Å². The Hall–Kier alpha value is -3.41. The monoisotopic (exact) mass is 360 g/mol. The summed E-state index contributed by atoms with van der Waals surface area (Å²) in [6.45, 7) is 4.08. The lowest BCUT2D eigenvalue weighted by Crippen LogP contribution is -2.12. The molecule has 0 amide bonds. The highest BCUT2D eigenvalue weighted by Gasteiger charge is 2.15. The van der Waals surface area contributed by atoms with Crippen molar-refractivity contribution < 1.29 is 4.74 Å². The van der Waals surface area contributed by atoms with Crippen molar-refractivity contribution >= 4 is 11.0 Å². The van der Waals surface area contributed by atoms with Crippen LogP contribution in [0, 0.1) is 0 Å². The minimum Gasteiger partial charge on any atom is -0.457 e. The average molecular weight is 360 g/mol. The Kier molecular flexibility index (Phi) is 4.46. The molecule has 2 heterocycles. The minimum atomic E-state index is -0.236. The van der Waals surface area contributed by atoms with E-state index in [1.165, 1.54) is 0 Å². The predicted molar refractivity (Wildman–Crippen MR) is 104 cm³/mol. The summed E-state index contributed by atoms with van der Waals surface area (Å²) in [6.07, 6.45) is 0.455. The van der Waals surface area contributed by atoms with Gasteiger partial charge in [-0.2, -0.15) is 5.10 Å². The van der Waals surface area contributed by atoms with Crippen LogP contribution in [0.5, 0.6) is 11.5 Å². The second-order valence-electron chi connectivity index (χ2n) is 6.70. The van der Waals surface area contributed by atoms with Crippen molar-refractivity contribution in [1.29, 1.82) is 0 Å². The van der Waals surface area contributed by atoms with Crippen LogP contribution in [0.15, 0.2) is 59.4 Å². The fourth-order valence-electron chi connectivity index (χ4n) is 3.01. The summed E-state index contributed by atoms with van der Waals surface area (Å²) >= 11 is 0. The molecule has 2 N–H and O–H groups in total. The van der Waals surface area contributed by atoms with Crippen molar-refractivity contribution in [2.45, 2.75) is 26.2 Å². The molecule has 6 nitrogen and oxygen atoms in total. The van der Waals surface area contributed by atoms with Crippen LogP contribution in [0.25, 0.3) is 11.0 Å². The van der Waals surface area contributed by atoms with E-state index in [9.17, 15) is 4.79 Å². The van der Waals surface area contributed by atoms with E-state index in [0.717, 1.165) is 22.8 Å². The number of ether oxygens (including phenoxy) is 1. The highest BCUT2D eigenvalue weighted by molar-refractivity contribution is 5.76. The smallest absolute Gasteiger partial charge is 0.279 e. The van der Waals surface area contributed by atoms with Gasteiger partial charge in [-0.25, -0.2) is 4.98 Å². The second-order valence-corrected chi connectivity index (χ2v) is 6.70. The SMILES string of the molecule is CC(C)c1[nH]nc2c(=O)[nH]c(Cc3ccccc3Oc3ccccc3)nc12. The van der Waals surface area contributed by atoms with E-state index in [1.807, 2.05) is 68.4 Å². The van der Waals surface area contributed by atoms with E-state index in [4.69, 9.17) is 4.74 Å². The third-order valence-corrected chi connectivity index (χ3v) is 4.37. The zero-order chi connectivity index (χ0) is 18.8.